The number of anilines is 1. The Hall–Kier alpha value is -3.41. The molecule has 0 N–H and O–H groups in total. The smallest absolute Gasteiger partial charge is 0.226 e. The molecular formula is C23H24N4O2. The highest BCUT2D eigenvalue weighted by Crippen LogP contribution is 2.40. The van der Waals surface area contributed by atoms with Crippen LogP contribution >= 0.6 is 0 Å². The monoisotopic (exact) mass is 388 g/mol. The molecule has 1 aliphatic carbocycles. The lowest BCUT2D eigenvalue weighted by Crippen LogP contribution is -2.29. The molecule has 0 aromatic heterocycles. The van der Waals surface area contributed by atoms with E-state index < -0.39 is 0 Å². The van der Waals surface area contributed by atoms with Gasteiger partial charge in [-0.05, 0) is 24.6 Å². The van der Waals surface area contributed by atoms with E-state index in [1.54, 1.807) is 6.08 Å². The van der Waals surface area contributed by atoms with Crippen LogP contribution in [-0.4, -0.2) is 56.6 Å². The molecule has 148 valence electrons. The molecule has 0 unspecified atom stereocenters. The lowest BCUT2D eigenvalue weighted by Gasteiger charge is -2.28. The van der Waals surface area contributed by atoms with Crippen molar-refractivity contribution in [2.75, 3.05) is 39.2 Å². The van der Waals surface area contributed by atoms with Crippen LogP contribution in [-0.2, 0) is 4.79 Å². The van der Waals surface area contributed by atoms with E-state index in [0.29, 0.717) is 40.7 Å². The molecule has 3 aliphatic rings. The molecule has 0 saturated heterocycles. The van der Waals surface area contributed by atoms with Gasteiger partial charge in [0.15, 0.2) is 5.78 Å². The van der Waals surface area contributed by atoms with E-state index in [2.05, 4.69) is 21.5 Å². The molecule has 0 radical (unpaired) electrons. The number of ketones is 1. The third kappa shape index (κ3) is 3.10. The Kier molecular flexibility index (Phi) is 4.70. The number of rotatable bonds is 2. The first kappa shape index (κ1) is 18.9. The van der Waals surface area contributed by atoms with E-state index in [-0.39, 0.29) is 5.78 Å². The van der Waals surface area contributed by atoms with Crippen molar-refractivity contribution in [3.8, 4) is 5.75 Å². The molecule has 2 aliphatic heterocycles. The topological polar surface area (TPSA) is 57.5 Å². The highest BCUT2D eigenvalue weighted by atomic mass is 16.5. The Morgan fingerprint density at radius 1 is 1.28 bits per heavy atom. The number of aliphatic imine (C=N–C) groups is 2. The highest BCUT2D eigenvalue weighted by Gasteiger charge is 2.36. The van der Waals surface area contributed by atoms with Crippen molar-refractivity contribution in [1.82, 2.24) is 4.90 Å². The predicted octanol–water partition coefficient (Wildman–Crippen LogP) is 3.24. The maximum Gasteiger partial charge on any atom is 0.226 e. The molecule has 0 spiro atoms. The summed E-state index contributed by atoms with van der Waals surface area (Å²) in [5.41, 5.74) is 4.67. The minimum absolute atomic E-state index is 0.102. The van der Waals surface area contributed by atoms with Gasteiger partial charge in [-0.2, -0.15) is 0 Å². The van der Waals surface area contributed by atoms with Gasteiger partial charge in [0.05, 0.1) is 17.8 Å². The normalized spacial score (nSPS) is 20.0. The number of nitrogens with zero attached hydrogens (tertiary/aromatic N) is 4. The molecule has 2 heterocycles. The van der Waals surface area contributed by atoms with Crippen LogP contribution in [0.25, 0.3) is 5.57 Å². The zero-order chi connectivity index (χ0) is 20.7. The fourth-order valence-electron chi connectivity index (χ4n) is 3.57. The number of carbonyl (C=O) groups excluding carboxylic acids is 1. The number of hydrogen-bond donors (Lipinski definition) is 0. The van der Waals surface area contributed by atoms with Gasteiger partial charge in [-0.25, -0.2) is 9.98 Å². The molecule has 0 atom stereocenters. The Bertz CT molecular complexity index is 1070. The van der Waals surface area contributed by atoms with Gasteiger partial charge in [0.1, 0.15) is 23.8 Å². The summed E-state index contributed by atoms with van der Waals surface area (Å²) in [6, 6.07) is 5.87. The first-order valence-electron chi connectivity index (χ1n) is 9.57. The van der Waals surface area contributed by atoms with Gasteiger partial charge in [0, 0.05) is 32.3 Å². The van der Waals surface area contributed by atoms with Crippen molar-refractivity contribution in [2.45, 2.75) is 6.92 Å². The summed E-state index contributed by atoms with van der Waals surface area (Å²) >= 11 is 0. The number of likely N-dealkylation sites (N-methyl/N-ethyl adjacent to an activating group) is 1. The Balaban J connectivity index is 1.93. The zero-order valence-electron chi connectivity index (χ0n) is 17.2. The second kappa shape index (κ2) is 7.20. The average Bonchev–Trinajstić information content (AvgIpc) is 3.14. The summed E-state index contributed by atoms with van der Waals surface area (Å²) in [6.45, 7) is 7.49. The summed E-state index contributed by atoms with van der Waals surface area (Å²) < 4.78 is 5.85. The quantitative estimate of drug-likeness (QED) is 0.730. The maximum absolute atomic E-state index is 13.5. The van der Waals surface area contributed by atoms with Gasteiger partial charge >= 0.3 is 0 Å². The summed E-state index contributed by atoms with van der Waals surface area (Å²) in [5.74, 6) is 1.23. The van der Waals surface area contributed by atoms with Crippen LogP contribution in [0.1, 0.15) is 12.5 Å². The summed E-state index contributed by atoms with van der Waals surface area (Å²) in [4.78, 5) is 26.7. The van der Waals surface area contributed by atoms with Crippen molar-refractivity contribution in [3.05, 3.63) is 65.4 Å². The Labute approximate surface area is 170 Å². The lowest BCUT2D eigenvalue weighted by atomic mass is 9.82. The van der Waals surface area contributed by atoms with E-state index >= 15 is 0 Å². The van der Waals surface area contributed by atoms with Crippen LogP contribution in [0.4, 0.5) is 5.69 Å². The molecule has 1 aromatic rings. The highest BCUT2D eigenvalue weighted by molar-refractivity contribution is 6.45. The van der Waals surface area contributed by atoms with Crippen molar-refractivity contribution in [2.24, 2.45) is 9.98 Å². The average molecular weight is 388 g/mol. The minimum atomic E-state index is -0.102. The van der Waals surface area contributed by atoms with Crippen LogP contribution < -0.4 is 9.64 Å². The summed E-state index contributed by atoms with van der Waals surface area (Å²) in [7, 11) is 5.79. The third-order valence-corrected chi connectivity index (χ3v) is 5.17. The van der Waals surface area contributed by atoms with Gasteiger partial charge in [-0.15, -0.1) is 0 Å². The Morgan fingerprint density at radius 3 is 2.79 bits per heavy atom. The fourth-order valence-corrected chi connectivity index (χ4v) is 3.57. The number of allylic oxidation sites excluding steroid dienone is 6. The fraction of sp³-hybridized carbons (Fsp3) is 0.261. The number of hydrogen-bond acceptors (Lipinski definition) is 6. The second-order valence-corrected chi connectivity index (χ2v) is 7.36. The van der Waals surface area contributed by atoms with E-state index in [1.807, 2.05) is 63.3 Å². The predicted molar refractivity (Wildman–Crippen MR) is 118 cm³/mol. The van der Waals surface area contributed by atoms with E-state index in [4.69, 9.17) is 4.74 Å². The molecule has 0 saturated carbocycles. The molecule has 1 aromatic carbocycles. The van der Waals surface area contributed by atoms with Crippen molar-refractivity contribution in [1.29, 1.82) is 0 Å². The summed E-state index contributed by atoms with van der Waals surface area (Å²) in [6.07, 6.45) is 5.52. The Morgan fingerprint density at radius 2 is 2.07 bits per heavy atom. The number of carbonyl (C=O) groups is 1. The molecular weight excluding hydrogens is 364 g/mol. The first-order valence-corrected chi connectivity index (χ1v) is 9.57. The third-order valence-electron chi connectivity index (χ3n) is 5.17. The van der Waals surface area contributed by atoms with Crippen LogP contribution in [0, 0.1) is 0 Å². The van der Waals surface area contributed by atoms with Gasteiger partial charge in [0.25, 0.3) is 0 Å². The van der Waals surface area contributed by atoms with E-state index in [1.165, 1.54) is 0 Å². The standard InChI is InChI=1S/C23H24N4O2/c1-6-7-8-16-14(2)20-21(25-23(24-20)26(3)4)19(22(16)28)15-9-10-17-18(13-15)29-12-11-27(17)5/h6-10,13H,2,11-12H2,1,3-5H3/b7-6-,16-8+. The van der Waals surface area contributed by atoms with Crippen molar-refractivity contribution >= 4 is 28.7 Å². The minimum Gasteiger partial charge on any atom is -0.490 e. The summed E-state index contributed by atoms with van der Waals surface area (Å²) in [5, 5.41) is 0. The molecule has 0 bridgehead atoms. The van der Waals surface area contributed by atoms with Crippen molar-refractivity contribution < 1.29 is 9.53 Å². The molecule has 6 heteroatoms. The SMILES string of the molecule is C=C1C2=NC(N(C)C)=NC2=C(c2ccc3c(c2)OCCN3C)C(=O)/C1=C/C=C\C. The number of ether oxygens (including phenoxy) is 1. The molecule has 6 nitrogen and oxygen atoms in total. The van der Waals surface area contributed by atoms with Crippen LogP contribution in [0.3, 0.4) is 0 Å². The number of benzene rings is 1. The lowest BCUT2D eigenvalue weighted by molar-refractivity contribution is -0.110. The van der Waals surface area contributed by atoms with Gasteiger partial charge in [-0.1, -0.05) is 30.9 Å². The van der Waals surface area contributed by atoms with E-state index in [9.17, 15) is 4.79 Å². The van der Waals surface area contributed by atoms with Crippen LogP contribution in [0.2, 0.25) is 0 Å². The largest absolute Gasteiger partial charge is 0.490 e. The first-order chi connectivity index (χ1) is 13.9. The number of fused-ring (bicyclic) bond motifs is 2. The van der Waals surface area contributed by atoms with Gasteiger partial charge < -0.3 is 14.5 Å². The van der Waals surface area contributed by atoms with Crippen molar-refractivity contribution in [3.63, 3.8) is 0 Å². The molecule has 0 fully saturated rings. The van der Waals surface area contributed by atoms with Crippen LogP contribution in [0.5, 0.6) is 5.75 Å². The van der Waals surface area contributed by atoms with Crippen LogP contribution in [0.15, 0.2) is 69.8 Å². The second-order valence-electron chi connectivity index (χ2n) is 7.36. The maximum atomic E-state index is 13.5. The van der Waals surface area contributed by atoms with Gasteiger partial charge in [0.2, 0.25) is 5.96 Å². The molecule has 29 heavy (non-hydrogen) atoms. The van der Waals surface area contributed by atoms with Gasteiger partial charge in [-0.3, -0.25) is 4.79 Å². The number of guanidine groups is 1. The molecule has 4 rings (SSSR count). The van der Waals surface area contributed by atoms with E-state index in [0.717, 1.165) is 23.5 Å². The zero-order valence-corrected chi connectivity index (χ0v) is 17.2. The molecule has 0 amide bonds. The number of Topliss-reactive ketones (excluding diaryl/α,β-unsaturated/α-hetero) is 1.